The normalized spacial score (nSPS) is 19.5. The Morgan fingerprint density at radius 2 is 2.03 bits per heavy atom. The van der Waals surface area contributed by atoms with Crippen molar-refractivity contribution in [1.82, 2.24) is 25.3 Å². The number of aromatic nitrogens is 2. The Morgan fingerprint density at radius 3 is 2.80 bits per heavy atom. The predicted octanol–water partition coefficient (Wildman–Crippen LogP) is 1.27. The number of hydrogen-bond donors (Lipinski definition) is 2. The third-order valence-electron chi connectivity index (χ3n) is 6.00. The lowest BCUT2D eigenvalue weighted by Crippen LogP contribution is -2.41. The second-order valence-corrected chi connectivity index (χ2v) is 8.05. The highest BCUT2D eigenvalue weighted by atomic mass is 19.1. The summed E-state index contributed by atoms with van der Waals surface area (Å²) in [6, 6.07) is 6.83. The number of fused-ring (bicyclic) bond motifs is 1. The van der Waals surface area contributed by atoms with Gasteiger partial charge in [0.15, 0.2) is 5.69 Å². The molecule has 0 radical (unpaired) electrons. The first kappa shape index (κ1) is 21.0. The monoisotopic (exact) mass is 415 g/mol. The molecule has 0 unspecified atom stereocenters. The molecule has 1 amide bonds. The molecule has 4 rings (SSSR count). The molecule has 2 heterocycles. The van der Waals surface area contributed by atoms with Crippen LogP contribution in [0.1, 0.15) is 33.7 Å². The molecule has 1 saturated heterocycles. The number of halogens is 1. The Morgan fingerprint density at radius 1 is 1.27 bits per heavy atom. The molecule has 0 saturated carbocycles. The number of benzene rings is 1. The van der Waals surface area contributed by atoms with E-state index in [1.165, 1.54) is 12.1 Å². The van der Waals surface area contributed by atoms with Gasteiger partial charge in [0.25, 0.3) is 5.91 Å². The van der Waals surface area contributed by atoms with Gasteiger partial charge >= 0.3 is 0 Å². The number of nitrogens with one attached hydrogen (secondary N) is 2. The molecular formula is C22H30FN5O2. The molecule has 30 heavy (non-hydrogen) atoms. The maximum atomic E-state index is 13.1. The van der Waals surface area contributed by atoms with E-state index in [9.17, 15) is 9.18 Å². The van der Waals surface area contributed by atoms with Gasteiger partial charge in [0, 0.05) is 57.1 Å². The number of carbonyl (C=O) groups excluding carboxylic acids is 1. The smallest absolute Gasteiger partial charge is 0.272 e. The molecular weight excluding hydrogens is 385 g/mol. The van der Waals surface area contributed by atoms with Gasteiger partial charge in [-0.3, -0.25) is 14.4 Å². The van der Waals surface area contributed by atoms with Gasteiger partial charge in [-0.25, -0.2) is 4.39 Å². The van der Waals surface area contributed by atoms with Gasteiger partial charge in [-0.05, 0) is 37.0 Å². The molecule has 1 fully saturated rings. The molecule has 2 aromatic rings. The zero-order valence-corrected chi connectivity index (χ0v) is 17.5. The van der Waals surface area contributed by atoms with Crippen molar-refractivity contribution < 1.29 is 13.9 Å². The van der Waals surface area contributed by atoms with E-state index in [2.05, 4.69) is 20.6 Å². The van der Waals surface area contributed by atoms with E-state index in [4.69, 9.17) is 4.74 Å². The van der Waals surface area contributed by atoms with E-state index in [-0.39, 0.29) is 17.8 Å². The van der Waals surface area contributed by atoms with Crippen LogP contribution >= 0.6 is 0 Å². The van der Waals surface area contributed by atoms with Crippen molar-refractivity contribution in [2.24, 2.45) is 7.05 Å². The number of aryl methyl sites for hydroxylation is 1. The highest BCUT2D eigenvalue weighted by molar-refractivity contribution is 5.94. The van der Waals surface area contributed by atoms with Gasteiger partial charge < -0.3 is 15.4 Å². The number of hydrogen-bond acceptors (Lipinski definition) is 5. The van der Waals surface area contributed by atoms with E-state index in [0.29, 0.717) is 18.8 Å². The van der Waals surface area contributed by atoms with Crippen LogP contribution in [0.2, 0.25) is 0 Å². The number of carbonyl (C=O) groups is 1. The molecule has 2 aliphatic rings. The van der Waals surface area contributed by atoms with E-state index < -0.39 is 0 Å². The lowest BCUT2D eigenvalue weighted by Gasteiger charge is -2.26. The molecule has 1 aliphatic heterocycles. The van der Waals surface area contributed by atoms with Crippen LogP contribution in [0.5, 0.6) is 0 Å². The van der Waals surface area contributed by atoms with Crippen LogP contribution in [0.15, 0.2) is 24.3 Å². The first-order chi connectivity index (χ1) is 14.6. The molecule has 0 spiro atoms. The first-order valence-electron chi connectivity index (χ1n) is 10.7. The second-order valence-electron chi connectivity index (χ2n) is 8.05. The van der Waals surface area contributed by atoms with E-state index in [1.54, 1.807) is 12.1 Å². The van der Waals surface area contributed by atoms with Crippen LogP contribution < -0.4 is 10.6 Å². The van der Waals surface area contributed by atoms with Crippen LogP contribution in [0, 0.1) is 5.82 Å². The Labute approximate surface area is 176 Å². The zero-order valence-electron chi connectivity index (χ0n) is 17.5. The number of morpholine rings is 1. The molecule has 0 bridgehead atoms. The summed E-state index contributed by atoms with van der Waals surface area (Å²) in [5, 5.41) is 11.1. The van der Waals surface area contributed by atoms with Crippen molar-refractivity contribution in [1.29, 1.82) is 0 Å². The Hall–Kier alpha value is -2.29. The molecule has 8 heteroatoms. The van der Waals surface area contributed by atoms with E-state index in [1.807, 2.05) is 11.7 Å². The maximum absolute atomic E-state index is 13.1. The summed E-state index contributed by atoms with van der Waals surface area (Å²) >= 11 is 0. The summed E-state index contributed by atoms with van der Waals surface area (Å²) in [5.41, 5.74) is 3.79. The largest absolute Gasteiger partial charge is 0.379 e. The summed E-state index contributed by atoms with van der Waals surface area (Å²) in [5.74, 6) is -0.319. The standard InChI is InChI=1S/C22H30FN5O2/c1-27-20-7-6-18(25-15-16-2-4-17(23)5-3-16)14-19(20)21(26-27)22(29)24-8-9-28-10-12-30-13-11-28/h2-5,18,25H,6-15H2,1H3,(H,24,29)/t18-/m1/s1. The minimum Gasteiger partial charge on any atom is -0.379 e. The van der Waals surface area contributed by atoms with Gasteiger partial charge in [-0.2, -0.15) is 5.10 Å². The van der Waals surface area contributed by atoms with Crippen LogP contribution in [-0.4, -0.2) is 66.0 Å². The quantitative estimate of drug-likeness (QED) is 0.713. The lowest BCUT2D eigenvalue weighted by molar-refractivity contribution is 0.0383. The van der Waals surface area contributed by atoms with Gasteiger partial charge in [0.2, 0.25) is 0 Å². The Balaban J connectivity index is 1.33. The predicted molar refractivity (Wildman–Crippen MR) is 112 cm³/mol. The van der Waals surface area contributed by atoms with Crippen LogP contribution in [0.4, 0.5) is 4.39 Å². The van der Waals surface area contributed by atoms with Crippen molar-refractivity contribution in [3.63, 3.8) is 0 Å². The number of rotatable bonds is 7. The molecule has 1 atom stereocenters. The zero-order chi connectivity index (χ0) is 20.9. The summed E-state index contributed by atoms with van der Waals surface area (Å²) in [4.78, 5) is 15.1. The third kappa shape index (κ3) is 5.06. The lowest BCUT2D eigenvalue weighted by atomic mass is 9.91. The molecule has 2 N–H and O–H groups in total. The molecule has 1 aromatic heterocycles. The van der Waals surface area contributed by atoms with Crippen LogP contribution in [-0.2, 0) is 31.2 Å². The van der Waals surface area contributed by atoms with Crippen molar-refractivity contribution in [3.05, 3.63) is 52.6 Å². The fraction of sp³-hybridized carbons (Fsp3) is 0.545. The highest BCUT2D eigenvalue weighted by Gasteiger charge is 2.28. The van der Waals surface area contributed by atoms with Crippen molar-refractivity contribution in [2.45, 2.75) is 31.8 Å². The van der Waals surface area contributed by atoms with Crippen molar-refractivity contribution in [2.75, 3.05) is 39.4 Å². The second kappa shape index (κ2) is 9.68. The SMILES string of the molecule is Cn1nc(C(=O)NCCN2CCOCC2)c2c1CC[C@@H](NCc1ccc(F)cc1)C2. The third-order valence-corrected chi connectivity index (χ3v) is 6.00. The van der Waals surface area contributed by atoms with Crippen LogP contribution in [0.25, 0.3) is 0 Å². The van der Waals surface area contributed by atoms with Gasteiger partial charge in [0.1, 0.15) is 5.82 Å². The fourth-order valence-electron chi connectivity index (χ4n) is 4.25. The summed E-state index contributed by atoms with van der Waals surface area (Å²) in [6.07, 6.45) is 2.66. The number of amides is 1. The van der Waals surface area contributed by atoms with E-state index in [0.717, 1.165) is 68.9 Å². The average molecular weight is 416 g/mol. The minimum atomic E-state index is -0.222. The van der Waals surface area contributed by atoms with E-state index >= 15 is 0 Å². The van der Waals surface area contributed by atoms with Crippen molar-refractivity contribution >= 4 is 5.91 Å². The molecule has 7 nitrogen and oxygen atoms in total. The maximum Gasteiger partial charge on any atom is 0.272 e. The Bertz CT molecular complexity index is 861. The minimum absolute atomic E-state index is 0.0979. The summed E-state index contributed by atoms with van der Waals surface area (Å²) in [6.45, 7) is 5.46. The summed E-state index contributed by atoms with van der Waals surface area (Å²) in [7, 11) is 1.91. The number of nitrogens with zero attached hydrogens (tertiary/aromatic N) is 3. The number of ether oxygens (including phenoxy) is 1. The fourth-order valence-corrected chi connectivity index (χ4v) is 4.25. The van der Waals surface area contributed by atoms with Gasteiger partial charge in [-0.1, -0.05) is 12.1 Å². The molecule has 1 aromatic carbocycles. The van der Waals surface area contributed by atoms with Crippen molar-refractivity contribution in [3.8, 4) is 0 Å². The van der Waals surface area contributed by atoms with Gasteiger partial charge in [0.05, 0.1) is 13.2 Å². The topological polar surface area (TPSA) is 71.4 Å². The summed E-state index contributed by atoms with van der Waals surface area (Å²) < 4.78 is 20.3. The highest BCUT2D eigenvalue weighted by Crippen LogP contribution is 2.24. The average Bonchev–Trinajstić information content (AvgIpc) is 3.10. The van der Waals surface area contributed by atoms with Gasteiger partial charge in [-0.15, -0.1) is 0 Å². The van der Waals surface area contributed by atoms with Crippen LogP contribution in [0.3, 0.4) is 0 Å². The Kier molecular flexibility index (Phi) is 6.76. The molecule has 162 valence electrons. The molecule has 1 aliphatic carbocycles. The first-order valence-corrected chi connectivity index (χ1v) is 10.7.